The SMILES string of the molecule is CNBC1CCCBCCC1. The molecule has 0 bridgehead atoms. The van der Waals surface area contributed by atoms with Gasteiger partial charge >= 0.3 is 0 Å². The Morgan fingerprint density at radius 2 is 1.91 bits per heavy atom. The molecule has 1 fully saturated rings. The van der Waals surface area contributed by atoms with E-state index in [9.17, 15) is 0 Å². The van der Waals surface area contributed by atoms with Gasteiger partial charge in [0.1, 0.15) is 7.28 Å². The zero-order valence-corrected chi connectivity index (χ0v) is 7.73. The first kappa shape index (κ1) is 9.18. The Morgan fingerprint density at radius 1 is 1.27 bits per heavy atom. The van der Waals surface area contributed by atoms with Gasteiger partial charge in [-0.25, -0.2) is 0 Å². The fourth-order valence-electron chi connectivity index (χ4n) is 2.03. The van der Waals surface area contributed by atoms with Crippen LogP contribution in [-0.2, 0) is 0 Å². The third kappa shape index (κ3) is 3.85. The third-order valence-electron chi connectivity index (χ3n) is 2.72. The Labute approximate surface area is 71.8 Å². The monoisotopic (exact) mass is 151 g/mol. The van der Waals surface area contributed by atoms with Crippen molar-refractivity contribution < 1.29 is 0 Å². The summed E-state index contributed by atoms with van der Waals surface area (Å²) in [6.07, 6.45) is 8.79. The predicted molar refractivity (Wildman–Crippen MR) is 55.2 cm³/mol. The molecule has 1 aliphatic heterocycles. The molecule has 0 saturated carbocycles. The molecule has 1 aliphatic rings. The normalized spacial score (nSPS) is 21.5. The maximum absolute atomic E-state index is 3.29. The van der Waals surface area contributed by atoms with Crippen molar-refractivity contribution in [3.63, 3.8) is 0 Å². The molecular weight excluding hydrogens is 132 g/mol. The highest BCUT2D eigenvalue weighted by Crippen LogP contribution is 2.23. The summed E-state index contributed by atoms with van der Waals surface area (Å²) in [6.45, 7) is 0. The molecule has 3 heteroatoms. The van der Waals surface area contributed by atoms with Crippen LogP contribution in [-0.4, -0.2) is 21.7 Å². The van der Waals surface area contributed by atoms with E-state index in [4.69, 9.17) is 0 Å². The fourth-order valence-corrected chi connectivity index (χ4v) is 2.03. The van der Waals surface area contributed by atoms with Gasteiger partial charge in [-0.15, -0.1) is 0 Å². The van der Waals surface area contributed by atoms with E-state index in [1.54, 1.807) is 0 Å². The molecule has 0 aliphatic carbocycles. The second kappa shape index (κ2) is 5.70. The van der Waals surface area contributed by atoms with Crippen molar-refractivity contribution in [2.75, 3.05) is 7.05 Å². The van der Waals surface area contributed by atoms with Crippen molar-refractivity contribution in [2.24, 2.45) is 0 Å². The number of rotatable bonds is 2. The molecule has 0 unspecified atom stereocenters. The van der Waals surface area contributed by atoms with Crippen LogP contribution in [0.3, 0.4) is 0 Å². The van der Waals surface area contributed by atoms with Crippen LogP contribution >= 0.6 is 0 Å². The van der Waals surface area contributed by atoms with Crippen molar-refractivity contribution in [1.29, 1.82) is 0 Å². The molecule has 0 amide bonds. The van der Waals surface area contributed by atoms with Crippen LogP contribution < -0.4 is 5.23 Å². The summed E-state index contributed by atoms with van der Waals surface area (Å²) >= 11 is 0. The first-order chi connectivity index (χ1) is 5.43. The lowest BCUT2D eigenvalue weighted by Gasteiger charge is -2.17. The van der Waals surface area contributed by atoms with Crippen molar-refractivity contribution in [2.45, 2.75) is 44.1 Å². The highest BCUT2D eigenvalue weighted by molar-refractivity contribution is 6.36. The van der Waals surface area contributed by atoms with Crippen LogP contribution in [0.5, 0.6) is 0 Å². The summed E-state index contributed by atoms with van der Waals surface area (Å²) in [6, 6.07) is 0. The van der Waals surface area contributed by atoms with E-state index in [0.29, 0.717) is 0 Å². The van der Waals surface area contributed by atoms with Gasteiger partial charge in [-0.3, -0.25) is 0 Å². The smallest absolute Gasteiger partial charge is 0.204 e. The second-order valence-electron chi connectivity index (χ2n) is 3.77. The van der Waals surface area contributed by atoms with E-state index in [2.05, 4.69) is 12.3 Å². The van der Waals surface area contributed by atoms with E-state index >= 15 is 0 Å². The van der Waals surface area contributed by atoms with Crippen molar-refractivity contribution in [3.8, 4) is 0 Å². The average Bonchev–Trinajstić information content (AvgIpc) is 1.94. The highest BCUT2D eigenvalue weighted by Gasteiger charge is 2.11. The van der Waals surface area contributed by atoms with Gasteiger partial charge < -0.3 is 5.23 Å². The maximum Gasteiger partial charge on any atom is 0.204 e. The summed E-state index contributed by atoms with van der Waals surface area (Å²) in [7, 11) is 4.78. The molecule has 0 atom stereocenters. The lowest BCUT2D eigenvalue weighted by atomic mass is 9.61. The summed E-state index contributed by atoms with van der Waals surface area (Å²) in [5, 5.41) is 3.29. The van der Waals surface area contributed by atoms with Gasteiger partial charge in [0, 0.05) is 0 Å². The minimum atomic E-state index is 0.972. The van der Waals surface area contributed by atoms with Crippen LogP contribution in [0.2, 0.25) is 18.5 Å². The molecule has 1 rings (SSSR count). The van der Waals surface area contributed by atoms with E-state index < -0.39 is 0 Å². The van der Waals surface area contributed by atoms with Gasteiger partial charge in [0.2, 0.25) is 7.41 Å². The summed E-state index contributed by atoms with van der Waals surface area (Å²) in [5.41, 5.74) is 0. The first-order valence-electron chi connectivity index (χ1n) is 5.08. The highest BCUT2D eigenvalue weighted by atomic mass is 14.7. The number of nitrogens with one attached hydrogen (secondary N) is 1. The maximum atomic E-state index is 3.29. The molecule has 0 aromatic heterocycles. The lowest BCUT2D eigenvalue weighted by molar-refractivity contribution is 0.628. The third-order valence-corrected chi connectivity index (χ3v) is 2.72. The second-order valence-corrected chi connectivity index (χ2v) is 3.77. The van der Waals surface area contributed by atoms with Crippen LogP contribution in [0.4, 0.5) is 0 Å². The van der Waals surface area contributed by atoms with Gasteiger partial charge in [0.05, 0.1) is 0 Å². The molecule has 0 aromatic rings. The van der Waals surface area contributed by atoms with Crippen LogP contribution in [0.1, 0.15) is 25.7 Å². The van der Waals surface area contributed by atoms with Gasteiger partial charge in [0.25, 0.3) is 0 Å². The topological polar surface area (TPSA) is 12.0 Å². The molecule has 0 aromatic carbocycles. The summed E-state index contributed by atoms with van der Waals surface area (Å²) in [5.74, 6) is 0.972. The number of hydrogen-bond donors (Lipinski definition) is 1. The molecule has 1 N–H and O–H groups in total. The Kier molecular flexibility index (Phi) is 4.76. The van der Waals surface area contributed by atoms with Crippen molar-refractivity contribution >= 4 is 14.7 Å². The Hall–Kier alpha value is 0.0899. The number of hydrogen-bond acceptors (Lipinski definition) is 1. The van der Waals surface area contributed by atoms with Gasteiger partial charge in [-0.05, 0) is 7.05 Å². The van der Waals surface area contributed by atoms with Gasteiger partial charge in [-0.2, -0.15) is 0 Å². The molecule has 62 valence electrons. The van der Waals surface area contributed by atoms with E-state index in [1.165, 1.54) is 53.0 Å². The lowest BCUT2D eigenvalue weighted by Crippen LogP contribution is -2.20. The molecule has 1 saturated heterocycles. The minimum absolute atomic E-state index is 0.972. The zero-order chi connectivity index (χ0) is 7.94. The van der Waals surface area contributed by atoms with E-state index in [0.717, 1.165) is 5.82 Å². The summed E-state index contributed by atoms with van der Waals surface area (Å²) in [4.78, 5) is 0. The molecule has 11 heavy (non-hydrogen) atoms. The predicted octanol–water partition coefficient (Wildman–Crippen LogP) is 1.19. The van der Waals surface area contributed by atoms with Gasteiger partial charge in [-0.1, -0.05) is 44.1 Å². The van der Waals surface area contributed by atoms with Crippen molar-refractivity contribution in [3.05, 3.63) is 0 Å². The minimum Gasteiger partial charge on any atom is -0.361 e. The molecule has 0 spiro atoms. The zero-order valence-electron chi connectivity index (χ0n) is 7.73. The van der Waals surface area contributed by atoms with Gasteiger partial charge in [0.15, 0.2) is 0 Å². The van der Waals surface area contributed by atoms with Crippen molar-refractivity contribution in [1.82, 2.24) is 5.23 Å². The van der Waals surface area contributed by atoms with E-state index in [1.807, 2.05) is 0 Å². The molecule has 0 radical (unpaired) electrons. The molecular formula is C8H19B2N. The van der Waals surface area contributed by atoms with Crippen LogP contribution in [0, 0.1) is 0 Å². The first-order valence-corrected chi connectivity index (χ1v) is 5.08. The Balaban J connectivity index is 2.15. The quantitative estimate of drug-likeness (QED) is 0.584. The summed E-state index contributed by atoms with van der Waals surface area (Å²) < 4.78 is 0. The fraction of sp³-hybridized carbons (Fsp3) is 1.00. The molecule has 1 heterocycles. The van der Waals surface area contributed by atoms with Crippen LogP contribution in [0.15, 0.2) is 0 Å². The van der Waals surface area contributed by atoms with Crippen LogP contribution in [0.25, 0.3) is 0 Å². The largest absolute Gasteiger partial charge is 0.361 e. The average molecular weight is 151 g/mol. The standard InChI is InChI=1S/C8H19B2N/c1-11-10-8-4-2-6-9-7-3-5-8/h8-11H,2-7H2,1H3. The van der Waals surface area contributed by atoms with E-state index in [-0.39, 0.29) is 0 Å². The molecule has 1 nitrogen and oxygen atoms in total. The Bertz CT molecular complexity index is 90.1. The Morgan fingerprint density at radius 3 is 2.45 bits per heavy atom.